The van der Waals surface area contributed by atoms with Gasteiger partial charge in [-0.25, -0.2) is 9.52 Å². The molecule has 0 heterocycles. The Kier molecular flexibility index (Phi) is 4.38. The smallest absolute Gasteiger partial charge is 0.422 e. The van der Waals surface area contributed by atoms with E-state index in [-0.39, 0.29) is 5.69 Å². The van der Waals surface area contributed by atoms with E-state index in [2.05, 4.69) is 9.46 Å². The Labute approximate surface area is 106 Å². The Morgan fingerprint density at radius 2 is 1.83 bits per heavy atom. The van der Waals surface area contributed by atoms with Crippen LogP contribution in [0.5, 0.6) is 0 Å². The van der Waals surface area contributed by atoms with E-state index in [1.807, 2.05) is 0 Å². The highest BCUT2D eigenvalue weighted by Crippen LogP contribution is 2.11. The number of hydrogen-bond donors (Lipinski definition) is 3. The molecule has 0 aromatic heterocycles. The summed E-state index contributed by atoms with van der Waals surface area (Å²) < 4.78 is 31.6. The minimum Gasteiger partial charge on any atom is -0.446 e. The van der Waals surface area contributed by atoms with Crippen molar-refractivity contribution in [2.24, 2.45) is 0 Å². The first-order valence-corrected chi connectivity index (χ1v) is 6.63. The number of hydrogen-bond acceptors (Lipinski definition) is 5. The fraction of sp³-hybridized carbons (Fsp3) is 0.300. The Hall–Kier alpha value is -1.96. The van der Waals surface area contributed by atoms with Gasteiger partial charge in [0.05, 0.1) is 11.8 Å². The van der Waals surface area contributed by atoms with Gasteiger partial charge in [-0.15, -0.1) is 0 Å². The van der Waals surface area contributed by atoms with E-state index in [1.54, 1.807) is 18.6 Å². The van der Waals surface area contributed by atoms with Crippen molar-refractivity contribution in [3.63, 3.8) is 0 Å². The lowest BCUT2D eigenvalue weighted by Gasteiger charge is -2.11. The van der Waals surface area contributed by atoms with Crippen LogP contribution in [0.2, 0.25) is 0 Å². The largest absolute Gasteiger partial charge is 0.446 e. The molecule has 4 N–H and O–H groups in total. The van der Waals surface area contributed by atoms with Crippen LogP contribution in [0.1, 0.15) is 13.8 Å². The molecule has 1 amide bonds. The van der Waals surface area contributed by atoms with Gasteiger partial charge in [0.1, 0.15) is 0 Å². The molecule has 1 aromatic carbocycles. The number of carbonyl (C=O) groups is 1. The summed E-state index contributed by atoms with van der Waals surface area (Å²) in [6.45, 7) is 3.22. The average Bonchev–Trinajstić information content (AvgIpc) is 2.18. The van der Waals surface area contributed by atoms with E-state index in [4.69, 9.17) is 5.73 Å². The molecule has 8 heteroatoms. The molecule has 0 saturated carbocycles. The summed E-state index contributed by atoms with van der Waals surface area (Å²) in [5.41, 5.74) is 6.25. The molecule has 0 fully saturated rings. The number of nitrogens with one attached hydrogen (secondary N) is 2. The predicted octanol–water partition coefficient (Wildman–Crippen LogP) is 1.06. The van der Waals surface area contributed by atoms with Crippen LogP contribution in [0, 0.1) is 0 Å². The Bertz CT molecular complexity index is 510. The zero-order valence-electron chi connectivity index (χ0n) is 10.0. The molecular formula is C10H15N3O4S. The summed E-state index contributed by atoms with van der Waals surface area (Å²) >= 11 is 0. The highest BCUT2D eigenvalue weighted by molar-refractivity contribution is 7.91. The summed E-state index contributed by atoms with van der Waals surface area (Å²) in [6.07, 6.45) is -1.44. The summed E-state index contributed by atoms with van der Waals surface area (Å²) in [6, 6.07) is 6.01. The van der Waals surface area contributed by atoms with Crippen molar-refractivity contribution in [1.82, 2.24) is 4.72 Å². The average molecular weight is 273 g/mol. The van der Waals surface area contributed by atoms with Gasteiger partial charge in [-0.2, -0.15) is 8.42 Å². The van der Waals surface area contributed by atoms with Gasteiger partial charge in [-0.05, 0) is 38.1 Å². The number of rotatable bonds is 4. The third kappa shape index (κ3) is 4.91. The van der Waals surface area contributed by atoms with Crippen LogP contribution < -0.4 is 15.2 Å². The molecule has 0 aliphatic carbocycles. The number of ether oxygens (including phenoxy) is 1. The third-order valence-electron chi connectivity index (χ3n) is 1.72. The molecule has 0 unspecified atom stereocenters. The first-order valence-electron chi connectivity index (χ1n) is 5.15. The Morgan fingerprint density at radius 1 is 1.28 bits per heavy atom. The van der Waals surface area contributed by atoms with E-state index in [9.17, 15) is 13.2 Å². The molecule has 100 valence electrons. The van der Waals surface area contributed by atoms with Gasteiger partial charge < -0.3 is 10.5 Å². The molecule has 0 spiro atoms. The van der Waals surface area contributed by atoms with E-state index < -0.39 is 22.4 Å². The summed E-state index contributed by atoms with van der Waals surface area (Å²) in [5, 5.41) is 0. The van der Waals surface area contributed by atoms with Gasteiger partial charge in [0.2, 0.25) is 0 Å². The van der Waals surface area contributed by atoms with E-state index in [1.165, 1.54) is 24.3 Å². The fourth-order valence-corrected chi connectivity index (χ4v) is 1.84. The van der Waals surface area contributed by atoms with Gasteiger partial charge in [-0.1, -0.05) is 0 Å². The molecular weight excluding hydrogens is 258 g/mol. The molecule has 0 aliphatic rings. The summed E-state index contributed by atoms with van der Waals surface area (Å²) in [4.78, 5) is 11.1. The number of nitrogens with two attached hydrogens (primary N) is 1. The molecule has 0 saturated heterocycles. The lowest BCUT2D eigenvalue weighted by atomic mass is 10.3. The van der Waals surface area contributed by atoms with Crippen molar-refractivity contribution in [2.45, 2.75) is 20.0 Å². The lowest BCUT2D eigenvalue weighted by molar-refractivity contribution is 0.121. The molecule has 0 bridgehead atoms. The van der Waals surface area contributed by atoms with E-state index in [0.717, 1.165) is 0 Å². The van der Waals surface area contributed by atoms with Crippen molar-refractivity contribution in [3.8, 4) is 0 Å². The molecule has 18 heavy (non-hydrogen) atoms. The standard InChI is InChI=1S/C10H15N3O4S/c1-7(2)17-10(14)13-18(15,16)12-9-5-3-8(11)4-6-9/h3-7,12H,11H2,1-2H3,(H,13,14). The van der Waals surface area contributed by atoms with Gasteiger partial charge in [0.15, 0.2) is 0 Å². The SMILES string of the molecule is CC(C)OC(=O)NS(=O)(=O)Nc1ccc(N)cc1. The number of nitrogen functional groups attached to an aromatic ring is 1. The molecule has 1 aromatic rings. The quantitative estimate of drug-likeness (QED) is 0.710. The van der Waals surface area contributed by atoms with Crippen LogP contribution in [0.25, 0.3) is 0 Å². The van der Waals surface area contributed by atoms with Crippen LogP contribution in [-0.2, 0) is 14.9 Å². The Balaban J connectivity index is 2.65. The van der Waals surface area contributed by atoms with Gasteiger partial charge in [0, 0.05) is 5.69 Å². The monoisotopic (exact) mass is 273 g/mol. The van der Waals surface area contributed by atoms with Gasteiger partial charge in [0.25, 0.3) is 0 Å². The van der Waals surface area contributed by atoms with Crippen molar-refractivity contribution in [2.75, 3.05) is 10.5 Å². The van der Waals surface area contributed by atoms with Crippen LogP contribution in [0.3, 0.4) is 0 Å². The van der Waals surface area contributed by atoms with Crippen LogP contribution >= 0.6 is 0 Å². The lowest BCUT2D eigenvalue weighted by Crippen LogP contribution is -2.36. The maximum Gasteiger partial charge on any atom is 0.422 e. The Morgan fingerprint density at radius 3 is 2.33 bits per heavy atom. The van der Waals surface area contributed by atoms with Crippen molar-refractivity contribution < 1.29 is 17.9 Å². The second-order valence-corrected chi connectivity index (χ2v) is 5.20. The second-order valence-electron chi connectivity index (χ2n) is 3.78. The van der Waals surface area contributed by atoms with Gasteiger partial charge >= 0.3 is 16.3 Å². The predicted molar refractivity (Wildman–Crippen MR) is 68.1 cm³/mol. The zero-order valence-corrected chi connectivity index (χ0v) is 10.8. The highest BCUT2D eigenvalue weighted by Gasteiger charge is 2.16. The number of anilines is 2. The minimum absolute atomic E-state index is 0.286. The van der Waals surface area contributed by atoms with E-state index in [0.29, 0.717) is 5.69 Å². The minimum atomic E-state index is -4.01. The summed E-state index contributed by atoms with van der Waals surface area (Å²) in [5.74, 6) is 0. The molecule has 7 nitrogen and oxygen atoms in total. The molecule has 0 aliphatic heterocycles. The maximum absolute atomic E-state index is 11.5. The third-order valence-corrected chi connectivity index (χ3v) is 2.66. The van der Waals surface area contributed by atoms with Crippen molar-refractivity contribution in [3.05, 3.63) is 24.3 Å². The molecule has 0 atom stereocenters. The van der Waals surface area contributed by atoms with Crippen molar-refractivity contribution in [1.29, 1.82) is 0 Å². The first kappa shape index (κ1) is 14.1. The van der Waals surface area contributed by atoms with Crippen LogP contribution in [0.15, 0.2) is 24.3 Å². The number of benzene rings is 1. The van der Waals surface area contributed by atoms with E-state index >= 15 is 0 Å². The second kappa shape index (κ2) is 5.58. The topological polar surface area (TPSA) is 111 Å². The highest BCUT2D eigenvalue weighted by atomic mass is 32.2. The summed E-state index contributed by atoms with van der Waals surface area (Å²) in [7, 11) is -4.01. The molecule has 1 rings (SSSR count). The maximum atomic E-state index is 11.5. The van der Waals surface area contributed by atoms with Gasteiger partial charge in [-0.3, -0.25) is 4.72 Å². The zero-order chi connectivity index (χ0) is 13.8. The normalized spacial score (nSPS) is 11.1. The number of amides is 1. The molecule has 0 radical (unpaired) electrons. The fourth-order valence-electron chi connectivity index (χ4n) is 1.08. The van der Waals surface area contributed by atoms with Crippen LogP contribution in [-0.4, -0.2) is 20.6 Å². The first-order chi connectivity index (χ1) is 8.28. The number of carbonyl (C=O) groups excluding carboxylic acids is 1. The van der Waals surface area contributed by atoms with Crippen LogP contribution in [0.4, 0.5) is 16.2 Å². The van der Waals surface area contributed by atoms with Crippen molar-refractivity contribution >= 4 is 27.7 Å².